The zero-order chi connectivity index (χ0) is 22.8. The van der Waals surface area contributed by atoms with Crippen LogP contribution >= 0.6 is 23.2 Å². The second kappa shape index (κ2) is 12.4. The van der Waals surface area contributed by atoms with E-state index >= 15 is 0 Å². The van der Waals surface area contributed by atoms with E-state index < -0.39 is 0 Å². The zero-order valence-electron chi connectivity index (χ0n) is 17.6. The maximum Gasteiger partial charge on any atom is 0.259 e. The van der Waals surface area contributed by atoms with E-state index in [0.717, 1.165) is 56.3 Å². The standard InChI is InChI=1S/C22H26Cl2N6O2/c1-16(26-5-6-30-7-9-32-10-8-30)17-3-2-4-18(11-17)27-15-22(31)29-28-12-19-20(23)13-25-14-21(19)24/h2-4,11-14,26-27H,1,5-10,15H2,(H,29,31)/b28-12+. The number of hydrazone groups is 1. The van der Waals surface area contributed by atoms with Gasteiger partial charge in [0.1, 0.15) is 0 Å². The van der Waals surface area contributed by atoms with Gasteiger partial charge in [-0.1, -0.05) is 41.9 Å². The topological polar surface area (TPSA) is 90.9 Å². The normalized spacial score (nSPS) is 14.3. The Bertz CT molecular complexity index is 943. The van der Waals surface area contributed by atoms with E-state index in [9.17, 15) is 4.79 Å². The highest BCUT2D eigenvalue weighted by Gasteiger charge is 2.10. The number of carbonyl (C=O) groups is 1. The number of halogens is 2. The Morgan fingerprint density at radius 3 is 2.75 bits per heavy atom. The maximum absolute atomic E-state index is 12.1. The van der Waals surface area contributed by atoms with Crippen LogP contribution in [-0.4, -0.2) is 67.9 Å². The van der Waals surface area contributed by atoms with Crippen molar-refractivity contribution >= 4 is 46.7 Å². The quantitative estimate of drug-likeness (QED) is 0.360. The third-order valence-corrected chi connectivity index (χ3v) is 5.41. The average Bonchev–Trinajstić information content (AvgIpc) is 2.80. The number of ether oxygens (including phenoxy) is 1. The molecular weight excluding hydrogens is 451 g/mol. The Morgan fingerprint density at radius 2 is 2.00 bits per heavy atom. The van der Waals surface area contributed by atoms with E-state index in [4.69, 9.17) is 27.9 Å². The number of carbonyl (C=O) groups excluding carboxylic acids is 1. The first-order valence-electron chi connectivity index (χ1n) is 10.2. The largest absolute Gasteiger partial charge is 0.384 e. The van der Waals surface area contributed by atoms with Gasteiger partial charge in [-0.15, -0.1) is 0 Å². The monoisotopic (exact) mass is 476 g/mol. The van der Waals surface area contributed by atoms with Crippen LogP contribution in [0.15, 0.2) is 48.3 Å². The van der Waals surface area contributed by atoms with Crippen LogP contribution in [0.5, 0.6) is 0 Å². The molecule has 0 radical (unpaired) electrons. The molecule has 0 saturated carbocycles. The minimum atomic E-state index is -0.310. The van der Waals surface area contributed by atoms with Gasteiger partial charge in [0.2, 0.25) is 0 Å². The first-order valence-corrected chi connectivity index (χ1v) is 11.0. The molecule has 1 saturated heterocycles. The SMILES string of the molecule is C=C(NCCN1CCOCC1)c1cccc(NCC(=O)N/N=C/c2c(Cl)cncc2Cl)c1. The predicted octanol–water partition coefficient (Wildman–Crippen LogP) is 2.84. The molecular formula is C22H26Cl2N6O2. The van der Waals surface area contributed by atoms with Crippen molar-refractivity contribution < 1.29 is 9.53 Å². The Kier molecular flexibility index (Phi) is 9.30. The minimum absolute atomic E-state index is 0.0511. The van der Waals surface area contributed by atoms with Gasteiger partial charge >= 0.3 is 0 Å². The van der Waals surface area contributed by atoms with Gasteiger partial charge in [0.05, 0.1) is 36.0 Å². The molecule has 0 aliphatic carbocycles. The van der Waals surface area contributed by atoms with Gasteiger partial charge < -0.3 is 15.4 Å². The molecule has 10 heteroatoms. The number of nitrogens with one attached hydrogen (secondary N) is 3. The lowest BCUT2D eigenvalue weighted by molar-refractivity contribution is -0.119. The van der Waals surface area contributed by atoms with Gasteiger partial charge in [-0.2, -0.15) is 5.10 Å². The molecule has 3 rings (SSSR count). The number of anilines is 1. The fourth-order valence-electron chi connectivity index (χ4n) is 3.04. The summed E-state index contributed by atoms with van der Waals surface area (Å²) in [7, 11) is 0. The highest BCUT2D eigenvalue weighted by atomic mass is 35.5. The smallest absolute Gasteiger partial charge is 0.259 e. The number of nitrogens with zero attached hydrogens (tertiary/aromatic N) is 3. The molecule has 1 aromatic heterocycles. The number of rotatable bonds is 10. The third-order valence-electron chi connectivity index (χ3n) is 4.81. The van der Waals surface area contributed by atoms with Crippen molar-refractivity contribution in [2.75, 3.05) is 51.3 Å². The van der Waals surface area contributed by atoms with Crippen LogP contribution in [0.25, 0.3) is 5.70 Å². The van der Waals surface area contributed by atoms with Crippen molar-refractivity contribution in [1.29, 1.82) is 0 Å². The van der Waals surface area contributed by atoms with Gasteiger partial charge in [-0.3, -0.25) is 14.7 Å². The first kappa shape index (κ1) is 24.0. The minimum Gasteiger partial charge on any atom is -0.384 e. The second-order valence-corrected chi connectivity index (χ2v) is 7.92. The number of amides is 1. The van der Waals surface area contributed by atoms with E-state index in [-0.39, 0.29) is 12.5 Å². The van der Waals surface area contributed by atoms with Crippen LogP contribution in [-0.2, 0) is 9.53 Å². The molecule has 0 atom stereocenters. The second-order valence-electron chi connectivity index (χ2n) is 7.10. The van der Waals surface area contributed by atoms with E-state index in [2.05, 4.69) is 37.6 Å². The van der Waals surface area contributed by atoms with Crippen molar-refractivity contribution in [1.82, 2.24) is 20.6 Å². The molecule has 2 heterocycles. The van der Waals surface area contributed by atoms with E-state index in [0.29, 0.717) is 15.6 Å². The molecule has 1 aromatic carbocycles. The van der Waals surface area contributed by atoms with Crippen LogP contribution in [0.3, 0.4) is 0 Å². The number of hydrogen-bond acceptors (Lipinski definition) is 7. The molecule has 3 N–H and O–H groups in total. The summed E-state index contributed by atoms with van der Waals surface area (Å²) >= 11 is 12.0. The molecule has 0 spiro atoms. The summed E-state index contributed by atoms with van der Waals surface area (Å²) in [6, 6.07) is 7.71. The summed E-state index contributed by atoms with van der Waals surface area (Å²) in [4.78, 5) is 18.3. The summed E-state index contributed by atoms with van der Waals surface area (Å²) in [5.74, 6) is -0.310. The van der Waals surface area contributed by atoms with Crippen LogP contribution in [0.4, 0.5) is 5.69 Å². The lowest BCUT2D eigenvalue weighted by Crippen LogP contribution is -2.40. The molecule has 1 fully saturated rings. The summed E-state index contributed by atoms with van der Waals surface area (Å²) in [6.45, 7) is 9.42. The van der Waals surface area contributed by atoms with Crippen molar-refractivity contribution in [2.45, 2.75) is 0 Å². The lowest BCUT2D eigenvalue weighted by Gasteiger charge is -2.26. The van der Waals surface area contributed by atoms with Crippen molar-refractivity contribution in [3.63, 3.8) is 0 Å². The Balaban J connectivity index is 1.43. The Morgan fingerprint density at radius 1 is 1.25 bits per heavy atom. The molecule has 2 aromatic rings. The molecule has 1 aliphatic heterocycles. The molecule has 170 valence electrons. The first-order chi connectivity index (χ1) is 15.5. The van der Waals surface area contributed by atoms with Crippen molar-refractivity contribution in [3.05, 3.63) is 64.4 Å². The summed E-state index contributed by atoms with van der Waals surface area (Å²) < 4.78 is 5.37. The van der Waals surface area contributed by atoms with Gasteiger partial charge in [0, 0.05) is 55.5 Å². The fraction of sp³-hybridized carbons (Fsp3) is 0.318. The summed E-state index contributed by atoms with van der Waals surface area (Å²) in [5, 5.41) is 11.0. The lowest BCUT2D eigenvalue weighted by atomic mass is 10.1. The molecule has 8 nitrogen and oxygen atoms in total. The summed E-state index contributed by atoms with van der Waals surface area (Å²) in [5.41, 5.74) is 5.52. The maximum atomic E-state index is 12.1. The third kappa shape index (κ3) is 7.49. The molecule has 0 unspecified atom stereocenters. The number of benzene rings is 1. The van der Waals surface area contributed by atoms with E-state index in [1.165, 1.54) is 18.6 Å². The zero-order valence-corrected chi connectivity index (χ0v) is 19.1. The van der Waals surface area contributed by atoms with Crippen molar-refractivity contribution in [3.8, 4) is 0 Å². The Labute approximate surface area is 197 Å². The van der Waals surface area contributed by atoms with Crippen LogP contribution < -0.4 is 16.1 Å². The van der Waals surface area contributed by atoms with Gasteiger partial charge in [-0.25, -0.2) is 5.43 Å². The van der Waals surface area contributed by atoms with Gasteiger partial charge in [-0.05, 0) is 17.7 Å². The molecule has 1 amide bonds. The van der Waals surface area contributed by atoms with Crippen LogP contribution in [0.2, 0.25) is 10.0 Å². The molecule has 0 bridgehead atoms. The Hall–Kier alpha value is -2.65. The van der Waals surface area contributed by atoms with E-state index in [1.54, 1.807) is 0 Å². The van der Waals surface area contributed by atoms with Crippen LogP contribution in [0, 0.1) is 0 Å². The number of morpholine rings is 1. The predicted molar refractivity (Wildman–Crippen MR) is 129 cm³/mol. The van der Waals surface area contributed by atoms with Crippen LogP contribution in [0.1, 0.15) is 11.1 Å². The number of hydrogen-bond donors (Lipinski definition) is 3. The fourth-order valence-corrected chi connectivity index (χ4v) is 3.51. The van der Waals surface area contributed by atoms with Gasteiger partial charge in [0.25, 0.3) is 5.91 Å². The number of pyridine rings is 1. The van der Waals surface area contributed by atoms with Gasteiger partial charge in [0.15, 0.2) is 0 Å². The molecule has 1 aliphatic rings. The highest BCUT2D eigenvalue weighted by molar-refractivity contribution is 6.38. The van der Waals surface area contributed by atoms with E-state index in [1.807, 2.05) is 24.3 Å². The highest BCUT2D eigenvalue weighted by Crippen LogP contribution is 2.20. The van der Waals surface area contributed by atoms with Crippen molar-refractivity contribution in [2.24, 2.45) is 5.10 Å². The summed E-state index contributed by atoms with van der Waals surface area (Å²) in [6.07, 6.45) is 4.30. The number of aromatic nitrogens is 1. The molecule has 32 heavy (non-hydrogen) atoms. The average molecular weight is 477 g/mol.